The van der Waals surface area contributed by atoms with Gasteiger partial charge in [-0.3, -0.25) is 0 Å². The van der Waals surface area contributed by atoms with E-state index in [0.29, 0.717) is 6.54 Å². The number of nitrogens with one attached hydrogen (secondary N) is 1. The predicted molar refractivity (Wildman–Crippen MR) is 69.7 cm³/mol. The Hall–Kier alpha value is -1.10. The van der Waals surface area contributed by atoms with Gasteiger partial charge in [0.1, 0.15) is 5.75 Å². The van der Waals surface area contributed by atoms with Gasteiger partial charge in [0.25, 0.3) is 0 Å². The first-order chi connectivity index (χ1) is 8.81. The second-order valence-corrected chi connectivity index (χ2v) is 5.34. The fourth-order valence-corrected chi connectivity index (χ4v) is 2.50. The molecule has 4 nitrogen and oxygen atoms in total. The molecule has 3 N–H and O–H groups in total. The fourth-order valence-electron chi connectivity index (χ4n) is 2.50. The van der Waals surface area contributed by atoms with Crippen LogP contribution in [0.15, 0.2) is 18.2 Å². The van der Waals surface area contributed by atoms with Crippen LogP contribution in [0.4, 0.5) is 0 Å². The van der Waals surface area contributed by atoms with Gasteiger partial charge in [0.15, 0.2) is 0 Å². The monoisotopic (exact) mass is 248 g/mol. The lowest BCUT2D eigenvalue weighted by Crippen LogP contribution is -2.54. The third-order valence-corrected chi connectivity index (χ3v) is 3.83. The van der Waals surface area contributed by atoms with Crippen molar-refractivity contribution in [3.8, 4) is 5.75 Å². The van der Waals surface area contributed by atoms with Crippen LogP contribution in [-0.4, -0.2) is 32.9 Å². The number of fused-ring (bicyclic) bond motifs is 1. The van der Waals surface area contributed by atoms with E-state index in [1.807, 2.05) is 0 Å². The largest absolute Gasteiger partial charge is 0.493 e. The maximum absolute atomic E-state index is 5.79. The lowest BCUT2D eigenvalue weighted by Gasteiger charge is -2.40. The number of hydrogen-bond acceptors (Lipinski definition) is 4. The van der Waals surface area contributed by atoms with E-state index in [0.717, 1.165) is 45.1 Å². The molecule has 0 unspecified atom stereocenters. The Morgan fingerprint density at radius 2 is 2.22 bits per heavy atom. The topological polar surface area (TPSA) is 56.5 Å². The van der Waals surface area contributed by atoms with Gasteiger partial charge in [0.05, 0.1) is 19.8 Å². The Balaban J connectivity index is 1.54. The van der Waals surface area contributed by atoms with E-state index in [1.54, 1.807) is 0 Å². The number of benzene rings is 1. The summed E-state index contributed by atoms with van der Waals surface area (Å²) in [4.78, 5) is 0. The van der Waals surface area contributed by atoms with Gasteiger partial charge in [0.2, 0.25) is 0 Å². The van der Waals surface area contributed by atoms with Gasteiger partial charge in [0, 0.05) is 31.5 Å². The van der Waals surface area contributed by atoms with Crippen molar-refractivity contribution in [3.63, 3.8) is 0 Å². The molecule has 2 aliphatic heterocycles. The summed E-state index contributed by atoms with van der Waals surface area (Å²) >= 11 is 0. The van der Waals surface area contributed by atoms with E-state index in [9.17, 15) is 0 Å². The molecule has 1 saturated heterocycles. The third kappa shape index (κ3) is 2.23. The van der Waals surface area contributed by atoms with Crippen molar-refractivity contribution in [1.82, 2.24) is 5.32 Å². The molecule has 1 aromatic carbocycles. The molecule has 0 atom stereocenters. The molecule has 0 radical (unpaired) electrons. The van der Waals surface area contributed by atoms with Crippen molar-refractivity contribution in [3.05, 3.63) is 29.3 Å². The summed E-state index contributed by atoms with van der Waals surface area (Å²) in [5.41, 5.74) is 8.59. The summed E-state index contributed by atoms with van der Waals surface area (Å²) in [6.45, 7) is 4.90. The van der Waals surface area contributed by atoms with Crippen LogP contribution < -0.4 is 15.8 Å². The van der Waals surface area contributed by atoms with Crippen LogP contribution in [0, 0.1) is 5.41 Å². The Morgan fingerprint density at radius 3 is 2.94 bits per heavy atom. The van der Waals surface area contributed by atoms with Crippen molar-refractivity contribution in [2.75, 3.05) is 32.9 Å². The summed E-state index contributed by atoms with van der Waals surface area (Å²) in [7, 11) is 0. The molecule has 18 heavy (non-hydrogen) atoms. The average Bonchev–Trinajstić information content (AvgIpc) is 2.80. The first kappa shape index (κ1) is 12.0. The highest BCUT2D eigenvalue weighted by atomic mass is 16.5. The van der Waals surface area contributed by atoms with Crippen LogP contribution in [0.2, 0.25) is 0 Å². The molecule has 0 spiro atoms. The van der Waals surface area contributed by atoms with Crippen LogP contribution in [0.5, 0.6) is 5.75 Å². The summed E-state index contributed by atoms with van der Waals surface area (Å²) in [6, 6.07) is 6.44. The molecule has 1 fully saturated rings. The fraction of sp³-hybridized carbons (Fsp3) is 0.571. The lowest BCUT2D eigenvalue weighted by atomic mass is 9.86. The van der Waals surface area contributed by atoms with Gasteiger partial charge < -0.3 is 20.5 Å². The first-order valence-corrected chi connectivity index (χ1v) is 6.54. The zero-order chi connectivity index (χ0) is 12.4. The van der Waals surface area contributed by atoms with Crippen LogP contribution in [0.1, 0.15) is 11.1 Å². The molecule has 0 amide bonds. The zero-order valence-corrected chi connectivity index (χ0v) is 10.6. The summed E-state index contributed by atoms with van der Waals surface area (Å²) in [5.74, 6) is 1.05. The summed E-state index contributed by atoms with van der Waals surface area (Å²) in [5, 5.41) is 3.49. The van der Waals surface area contributed by atoms with Crippen molar-refractivity contribution in [2.24, 2.45) is 11.1 Å². The normalized spacial score (nSPS) is 20.1. The van der Waals surface area contributed by atoms with Gasteiger partial charge in [-0.05, 0) is 17.2 Å². The van der Waals surface area contributed by atoms with E-state index in [1.165, 1.54) is 11.1 Å². The van der Waals surface area contributed by atoms with E-state index in [4.69, 9.17) is 15.2 Å². The second-order valence-electron chi connectivity index (χ2n) is 5.34. The van der Waals surface area contributed by atoms with Crippen LogP contribution in [0.25, 0.3) is 0 Å². The van der Waals surface area contributed by atoms with Gasteiger partial charge in [-0.25, -0.2) is 0 Å². The Kier molecular flexibility index (Phi) is 3.24. The molecular weight excluding hydrogens is 228 g/mol. The first-order valence-electron chi connectivity index (χ1n) is 6.54. The van der Waals surface area contributed by atoms with Gasteiger partial charge >= 0.3 is 0 Å². The lowest BCUT2D eigenvalue weighted by molar-refractivity contribution is -0.105. The van der Waals surface area contributed by atoms with Crippen molar-refractivity contribution >= 4 is 0 Å². The maximum atomic E-state index is 5.79. The Labute approximate surface area is 107 Å². The van der Waals surface area contributed by atoms with Crippen molar-refractivity contribution in [2.45, 2.75) is 13.0 Å². The number of ether oxygens (including phenoxy) is 2. The Bertz CT molecular complexity index is 424. The zero-order valence-electron chi connectivity index (χ0n) is 10.6. The minimum Gasteiger partial charge on any atom is -0.493 e. The molecular formula is C14H20N2O2. The molecule has 0 aromatic heterocycles. The highest BCUT2D eigenvalue weighted by molar-refractivity contribution is 5.39. The average molecular weight is 248 g/mol. The number of hydrogen-bond donors (Lipinski definition) is 2. The molecule has 98 valence electrons. The minimum absolute atomic E-state index is 0.167. The summed E-state index contributed by atoms with van der Waals surface area (Å²) in [6.07, 6.45) is 1.03. The van der Waals surface area contributed by atoms with Gasteiger partial charge in [-0.15, -0.1) is 0 Å². The van der Waals surface area contributed by atoms with E-state index >= 15 is 0 Å². The SMILES string of the molecule is NCC1(CNCc2ccc3c(c2)CCO3)COC1. The van der Waals surface area contributed by atoms with E-state index < -0.39 is 0 Å². The van der Waals surface area contributed by atoms with Crippen molar-refractivity contribution in [1.29, 1.82) is 0 Å². The molecule has 0 bridgehead atoms. The third-order valence-electron chi connectivity index (χ3n) is 3.83. The highest BCUT2D eigenvalue weighted by Crippen LogP contribution is 2.27. The van der Waals surface area contributed by atoms with Crippen LogP contribution in [0.3, 0.4) is 0 Å². The number of rotatable bonds is 5. The molecule has 1 aromatic rings. The standard InChI is InChI=1S/C14H20N2O2/c15-7-14(9-17-10-14)8-16-6-11-1-2-13-12(5-11)3-4-18-13/h1-2,5,16H,3-4,6-10,15H2. The predicted octanol–water partition coefficient (Wildman–Crippen LogP) is 0.686. The van der Waals surface area contributed by atoms with E-state index in [-0.39, 0.29) is 5.41 Å². The molecule has 2 aliphatic rings. The molecule has 4 heteroatoms. The minimum atomic E-state index is 0.167. The second kappa shape index (κ2) is 4.88. The smallest absolute Gasteiger partial charge is 0.122 e. The van der Waals surface area contributed by atoms with Crippen LogP contribution >= 0.6 is 0 Å². The quantitative estimate of drug-likeness (QED) is 0.805. The van der Waals surface area contributed by atoms with Gasteiger partial charge in [-0.1, -0.05) is 12.1 Å². The Morgan fingerprint density at radius 1 is 1.33 bits per heavy atom. The number of nitrogens with two attached hydrogens (primary N) is 1. The maximum Gasteiger partial charge on any atom is 0.122 e. The van der Waals surface area contributed by atoms with Gasteiger partial charge in [-0.2, -0.15) is 0 Å². The van der Waals surface area contributed by atoms with Crippen LogP contribution in [-0.2, 0) is 17.7 Å². The van der Waals surface area contributed by atoms with E-state index in [2.05, 4.69) is 23.5 Å². The molecule has 0 saturated carbocycles. The summed E-state index contributed by atoms with van der Waals surface area (Å²) < 4.78 is 10.8. The molecule has 2 heterocycles. The highest BCUT2D eigenvalue weighted by Gasteiger charge is 2.36. The van der Waals surface area contributed by atoms with Crippen molar-refractivity contribution < 1.29 is 9.47 Å². The molecule has 0 aliphatic carbocycles. The molecule has 3 rings (SSSR count).